The summed E-state index contributed by atoms with van der Waals surface area (Å²) in [6.45, 7) is 4.47. The first-order valence-corrected chi connectivity index (χ1v) is 6.24. The van der Waals surface area contributed by atoms with Crippen LogP contribution in [0.25, 0.3) is 0 Å². The lowest BCUT2D eigenvalue weighted by atomic mass is 10.1. The van der Waals surface area contributed by atoms with Crippen LogP contribution < -0.4 is 5.56 Å². The van der Waals surface area contributed by atoms with Gasteiger partial charge in [0, 0.05) is 17.8 Å². The summed E-state index contributed by atoms with van der Waals surface area (Å²) < 4.78 is 0. The van der Waals surface area contributed by atoms with E-state index >= 15 is 0 Å². The second-order valence-electron chi connectivity index (χ2n) is 4.50. The van der Waals surface area contributed by atoms with E-state index in [9.17, 15) is 4.79 Å². The van der Waals surface area contributed by atoms with E-state index in [0.717, 1.165) is 25.1 Å². The molecule has 1 atom stereocenters. The highest BCUT2D eigenvalue weighted by Gasteiger charge is 2.26. The summed E-state index contributed by atoms with van der Waals surface area (Å²) >= 11 is 0. The lowest BCUT2D eigenvalue weighted by molar-refractivity contribution is 0.252. The van der Waals surface area contributed by atoms with Gasteiger partial charge in [0.25, 0.3) is 5.56 Å². The minimum absolute atomic E-state index is 0.0795. The summed E-state index contributed by atoms with van der Waals surface area (Å²) in [5.41, 5.74) is 1.02. The predicted molar refractivity (Wildman–Crippen MR) is 65.5 cm³/mol. The van der Waals surface area contributed by atoms with Crippen LogP contribution in [0.3, 0.4) is 0 Å². The summed E-state index contributed by atoms with van der Waals surface area (Å²) in [4.78, 5) is 17.0. The van der Waals surface area contributed by atoms with Crippen LogP contribution in [0, 0.1) is 0 Å². The number of unbranched alkanes of at least 4 members (excludes halogenated alkanes) is 1. The van der Waals surface area contributed by atoms with Crippen LogP contribution in [0.15, 0.2) is 23.1 Å². The van der Waals surface area contributed by atoms with Crippen LogP contribution >= 0.6 is 0 Å². The molecule has 3 nitrogen and oxygen atoms in total. The van der Waals surface area contributed by atoms with Gasteiger partial charge in [0.15, 0.2) is 0 Å². The molecule has 0 amide bonds. The molecular formula is C13H20N2O. The standard InChI is InChI=1S/C13H20N2O/c1-2-3-9-15-10-5-7-12(15)11-6-4-8-14-13(11)16/h4,6,8,12H,2-3,5,7,9-10H2,1H3,(H,14,16)/t12-/m1/s1. The lowest BCUT2D eigenvalue weighted by Gasteiger charge is -2.23. The molecular weight excluding hydrogens is 200 g/mol. The molecule has 88 valence electrons. The molecule has 0 aliphatic carbocycles. The third-order valence-corrected chi connectivity index (χ3v) is 3.37. The van der Waals surface area contributed by atoms with Gasteiger partial charge in [-0.2, -0.15) is 0 Å². The number of likely N-dealkylation sites (tertiary alicyclic amines) is 1. The van der Waals surface area contributed by atoms with E-state index < -0.39 is 0 Å². The predicted octanol–water partition coefficient (Wildman–Crippen LogP) is 2.31. The van der Waals surface area contributed by atoms with E-state index in [1.165, 1.54) is 19.3 Å². The van der Waals surface area contributed by atoms with Crippen molar-refractivity contribution in [3.63, 3.8) is 0 Å². The van der Waals surface area contributed by atoms with Gasteiger partial charge < -0.3 is 4.98 Å². The van der Waals surface area contributed by atoms with Crippen molar-refractivity contribution in [3.8, 4) is 0 Å². The molecule has 0 unspecified atom stereocenters. The van der Waals surface area contributed by atoms with Crippen molar-refractivity contribution in [1.82, 2.24) is 9.88 Å². The Labute approximate surface area is 96.5 Å². The van der Waals surface area contributed by atoms with Crippen molar-refractivity contribution in [1.29, 1.82) is 0 Å². The number of aromatic nitrogens is 1. The Hall–Kier alpha value is -1.09. The van der Waals surface area contributed by atoms with E-state index in [1.54, 1.807) is 6.20 Å². The molecule has 1 aliphatic rings. The minimum atomic E-state index is 0.0795. The summed E-state index contributed by atoms with van der Waals surface area (Å²) in [5.74, 6) is 0. The molecule has 1 saturated heterocycles. The fourth-order valence-corrected chi connectivity index (χ4v) is 2.50. The molecule has 2 rings (SSSR count). The largest absolute Gasteiger partial charge is 0.329 e. The summed E-state index contributed by atoms with van der Waals surface area (Å²) in [5, 5.41) is 0. The molecule has 16 heavy (non-hydrogen) atoms. The first-order chi connectivity index (χ1) is 7.83. The van der Waals surface area contributed by atoms with Gasteiger partial charge in [-0.1, -0.05) is 19.4 Å². The van der Waals surface area contributed by atoms with Crippen LogP contribution in [-0.2, 0) is 0 Å². The summed E-state index contributed by atoms with van der Waals surface area (Å²) in [6, 6.07) is 4.23. The van der Waals surface area contributed by atoms with E-state index in [4.69, 9.17) is 0 Å². The molecule has 1 aliphatic heterocycles. The number of H-pyrrole nitrogens is 1. The van der Waals surface area contributed by atoms with Gasteiger partial charge in [-0.3, -0.25) is 9.69 Å². The highest BCUT2D eigenvalue weighted by Crippen LogP contribution is 2.29. The first kappa shape index (κ1) is 11.4. The van der Waals surface area contributed by atoms with Crippen molar-refractivity contribution in [2.45, 2.75) is 38.6 Å². The van der Waals surface area contributed by atoms with Gasteiger partial charge in [-0.25, -0.2) is 0 Å². The van der Waals surface area contributed by atoms with Gasteiger partial charge in [0.1, 0.15) is 0 Å². The van der Waals surface area contributed by atoms with Gasteiger partial charge in [0.05, 0.1) is 0 Å². The van der Waals surface area contributed by atoms with Gasteiger partial charge in [-0.05, 0) is 38.4 Å². The summed E-state index contributed by atoms with van der Waals surface area (Å²) in [6.07, 6.45) is 6.48. The van der Waals surface area contributed by atoms with Gasteiger partial charge in [-0.15, -0.1) is 0 Å². The van der Waals surface area contributed by atoms with Crippen molar-refractivity contribution in [3.05, 3.63) is 34.2 Å². The van der Waals surface area contributed by atoms with Crippen LogP contribution in [0.5, 0.6) is 0 Å². The van der Waals surface area contributed by atoms with Crippen molar-refractivity contribution < 1.29 is 0 Å². The zero-order chi connectivity index (χ0) is 11.4. The Morgan fingerprint density at radius 1 is 1.56 bits per heavy atom. The molecule has 0 bridgehead atoms. The topological polar surface area (TPSA) is 36.1 Å². The van der Waals surface area contributed by atoms with Gasteiger partial charge >= 0.3 is 0 Å². The van der Waals surface area contributed by atoms with Crippen molar-refractivity contribution in [2.24, 2.45) is 0 Å². The van der Waals surface area contributed by atoms with Crippen LogP contribution in [-0.4, -0.2) is 23.0 Å². The fraction of sp³-hybridized carbons (Fsp3) is 0.615. The Morgan fingerprint density at radius 2 is 2.44 bits per heavy atom. The Bertz CT molecular complexity index is 386. The molecule has 2 heterocycles. The van der Waals surface area contributed by atoms with E-state index in [2.05, 4.69) is 16.8 Å². The number of hydrogen-bond acceptors (Lipinski definition) is 2. The van der Waals surface area contributed by atoms with E-state index in [1.807, 2.05) is 12.1 Å². The highest BCUT2D eigenvalue weighted by atomic mass is 16.1. The van der Waals surface area contributed by atoms with Gasteiger partial charge in [0.2, 0.25) is 0 Å². The first-order valence-electron chi connectivity index (χ1n) is 6.24. The number of nitrogens with zero attached hydrogens (tertiary/aromatic N) is 1. The quantitative estimate of drug-likeness (QED) is 0.845. The smallest absolute Gasteiger partial charge is 0.252 e. The maximum absolute atomic E-state index is 11.7. The fourth-order valence-electron chi connectivity index (χ4n) is 2.50. The number of hydrogen-bond donors (Lipinski definition) is 1. The van der Waals surface area contributed by atoms with Crippen molar-refractivity contribution in [2.75, 3.05) is 13.1 Å². The zero-order valence-electron chi connectivity index (χ0n) is 9.91. The molecule has 0 saturated carbocycles. The average Bonchev–Trinajstić information content (AvgIpc) is 2.75. The molecule has 3 heteroatoms. The minimum Gasteiger partial charge on any atom is -0.329 e. The Balaban J connectivity index is 2.14. The zero-order valence-corrected chi connectivity index (χ0v) is 9.91. The monoisotopic (exact) mass is 220 g/mol. The second kappa shape index (κ2) is 5.30. The van der Waals surface area contributed by atoms with Crippen molar-refractivity contribution >= 4 is 0 Å². The maximum Gasteiger partial charge on any atom is 0.252 e. The summed E-state index contributed by atoms with van der Waals surface area (Å²) in [7, 11) is 0. The molecule has 0 radical (unpaired) electrons. The average molecular weight is 220 g/mol. The van der Waals surface area contributed by atoms with E-state index in [-0.39, 0.29) is 5.56 Å². The number of aromatic amines is 1. The SMILES string of the molecule is CCCCN1CCC[C@@H]1c1ccc[nH]c1=O. The second-order valence-corrected chi connectivity index (χ2v) is 4.50. The Morgan fingerprint density at radius 3 is 3.19 bits per heavy atom. The van der Waals surface area contributed by atoms with E-state index in [0.29, 0.717) is 6.04 Å². The van der Waals surface area contributed by atoms with Crippen LogP contribution in [0.4, 0.5) is 0 Å². The van der Waals surface area contributed by atoms with Crippen LogP contribution in [0.1, 0.15) is 44.2 Å². The highest BCUT2D eigenvalue weighted by molar-refractivity contribution is 5.15. The molecule has 1 fully saturated rings. The molecule has 1 N–H and O–H groups in total. The molecule has 0 spiro atoms. The third kappa shape index (κ3) is 2.35. The lowest BCUT2D eigenvalue weighted by Crippen LogP contribution is -2.28. The Kier molecular flexibility index (Phi) is 3.78. The number of pyridine rings is 1. The van der Waals surface area contributed by atoms with Crippen LogP contribution in [0.2, 0.25) is 0 Å². The molecule has 1 aromatic rings. The number of nitrogens with one attached hydrogen (secondary N) is 1. The number of rotatable bonds is 4. The maximum atomic E-state index is 11.7. The third-order valence-electron chi connectivity index (χ3n) is 3.37. The normalized spacial score (nSPS) is 21.4. The molecule has 0 aromatic carbocycles. The molecule has 1 aromatic heterocycles.